The van der Waals surface area contributed by atoms with Gasteiger partial charge in [0.05, 0.1) is 18.4 Å². The molecular weight excluding hydrogens is 431 g/mol. The van der Waals surface area contributed by atoms with Gasteiger partial charge in [0.1, 0.15) is 11.6 Å². The van der Waals surface area contributed by atoms with E-state index in [1.165, 1.54) is 12.5 Å². The van der Waals surface area contributed by atoms with Crippen molar-refractivity contribution < 1.29 is 13.9 Å². The molecule has 1 aliphatic carbocycles. The topological polar surface area (TPSA) is 58.6 Å². The molecule has 1 saturated carbocycles. The highest BCUT2D eigenvalue weighted by Gasteiger charge is 2.33. The first-order chi connectivity index (χ1) is 16.7. The van der Waals surface area contributed by atoms with Crippen LogP contribution in [-0.4, -0.2) is 42.1 Å². The number of aromatic nitrogens is 2. The van der Waals surface area contributed by atoms with Crippen LogP contribution in [0.25, 0.3) is 11.3 Å². The van der Waals surface area contributed by atoms with Crippen LogP contribution in [0.4, 0.5) is 16.0 Å². The predicted octanol–water partition coefficient (Wildman–Crippen LogP) is 5.48. The Kier molecular flexibility index (Phi) is 6.43. The zero-order valence-corrected chi connectivity index (χ0v) is 19.4. The number of carbonyl (C=O) groups excluding carboxylic acids is 1. The lowest BCUT2D eigenvalue weighted by molar-refractivity contribution is 0.0964. The average Bonchev–Trinajstić information content (AvgIpc) is 2.86. The number of anilines is 2. The molecule has 34 heavy (non-hydrogen) atoms. The zero-order chi connectivity index (χ0) is 23.5. The van der Waals surface area contributed by atoms with E-state index in [0.717, 1.165) is 50.9 Å². The minimum atomic E-state index is -0.406. The van der Waals surface area contributed by atoms with Crippen molar-refractivity contribution in [2.45, 2.75) is 44.6 Å². The van der Waals surface area contributed by atoms with Crippen molar-refractivity contribution in [1.29, 1.82) is 0 Å². The minimum absolute atomic E-state index is 0.0786. The number of nitrogens with zero attached hydrogens (tertiary/aromatic N) is 4. The van der Waals surface area contributed by atoms with E-state index in [1.807, 2.05) is 24.3 Å². The van der Waals surface area contributed by atoms with Gasteiger partial charge < -0.3 is 14.5 Å². The highest BCUT2D eigenvalue weighted by atomic mass is 19.1. The Morgan fingerprint density at radius 3 is 2.56 bits per heavy atom. The van der Waals surface area contributed by atoms with Gasteiger partial charge in [0.25, 0.3) is 5.91 Å². The van der Waals surface area contributed by atoms with E-state index < -0.39 is 5.82 Å². The molecule has 2 fully saturated rings. The van der Waals surface area contributed by atoms with Crippen LogP contribution < -0.4 is 14.5 Å². The monoisotopic (exact) mass is 460 g/mol. The largest absolute Gasteiger partial charge is 0.497 e. The Hall–Kier alpha value is -3.48. The lowest BCUT2D eigenvalue weighted by Gasteiger charge is -2.38. The number of ether oxygens (including phenoxy) is 1. The van der Waals surface area contributed by atoms with Crippen LogP contribution in [0.5, 0.6) is 5.75 Å². The third-order valence-corrected chi connectivity index (χ3v) is 6.76. The first kappa shape index (κ1) is 22.3. The van der Waals surface area contributed by atoms with E-state index in [4.69, 9.17) is 9.72 Å². The van der Waals surface area contributed by atoms with Crippen LogP contribution in [0.15, 0.2) is 54.7 Å². The van der Waals surface area contributed by atoms with Crippen LogP contribution in [0.1, 0.15) is 48.9 Å². The minimum Gasteiger partial charge on any atom is -0.497 e. The van der Waals surface area contributed by atoms with Crippen LogP contribution in [0, 0.1) is 5.82 Å². The molecule has 2 aliphatic rings. The summed E-state index contributed by atoms with van der Waals surface area (Å²) >= 11 is 0. The fourth-order valence-electron chi connectivity index (χ4n) is 4.66. The van der Waals surface area contributed by atoms with Crippen LogP contribution in [0.2, 0.25) is 0 Å². The summed E-state index contributed by atoms with van der Waals surface area (Å²) in [6, 6.07) is 14.1. The summed E-state index contributed by atoms with van der Waals surface area (Å²) in [5.41, 5.74) is 1.71. The van der Waals surface area contributed by atoms with Crippen LogP contribution >= 0.6 is 0 Å². The smallest absolute Gasteiger partial charge is 0.262 e. The highest BCUT2D eigenvalue weighted by molar-refractivity contribution is 6.10. The molecule has 6 nitrogen and oxygen atoms in total. The maximum Gasteiger partial charge on any atom is 0.262 e. The maximum atomic E-state index is 14.9. The summed E-state index contributed by atoms with van der Waals surface area (Å²) in [5.74, 6) is 0.601. The molecule has 1 aliphatic heterocycles. The molecule has 1 aromatic heterocycles. The second-order valence-corrected chi connectivity index (χ2v) is 8.92. The van der Waals surface area contributed by atoms with Crippen molar-refractivity contribution in [3.05, 3.63) is 66.1 Å². The quantitative estimate of drug-likeness (QED) is 0.487. The first-order valence-electron chi connectivity index (χ1n) is 12.0. The molecule has 1 saturated heterocycles. The van der Waals surface area contributed by atoms with Gasteiger partial charge in [0, 0.05) is 42.6 Å². The third-order valence-electron chi connectivity index (χ3n) is 6.76. The molecule has 0 spiro atoms. The number of benzene rings is 2. The lowest BCUT2D eigenvalue weighted by Crippen LogP contribution is -2.45. The average molecular weight is 461 g/mol. The Morgan fingerprint density at radius 1 is 1.06 bits per heavy atom. The second kappa shape index (κ2) is 9.79. The number of amides is 1. The summed E-state index contributed by atoms with van der Waals surface area (Å²) in [5, 5.41) is 0. The molecule has 3 aromatic rings. The normalized spacial score (nSPS) is 16.1. The molecular formula is C27H29FN4O2. The number of piperidine rings is 1. The van der Waals surface area contributed by atoms with E-state index in [2.05, 4.69) is 9.88 Å². The van der Waals surface area contributed by atoms with Crippen LogP contribution in [-0.2, 0) is 0 Å². The van der Waals surface area contributed by atoms with E-state index in [9.17, 15) is 9.18 Å². The van der Waals surface area contributed by atoms with Gasteiger partial charge in [0.15, 0.2) is 0 Å². The van der Waals surface area contributed by atoms with Gasteiger partial charge in [-0.15, -0.1) is 0 Å². The molecule has 176 valence electrons. The Labute approximate surface area is 199 Å². The molecule has 0 atom stereocenters. The molecule has 0 unspecified atom stereocenters. The van der Waals surface area contributed by atoms with E-state index in [0.29, 0.717) is 28.5 Å². The first-order valence-corrected chi connectivity index (χ1v) is 12.0. The lowest BCUT2D eigenvalue weighted by atomic mass is 9.90. The number of rotatable bonds is 6. The molecule has 5 rings (SSSR count). The van der Waals surface area contributed by atoms with Crippen molar-refractivity contribution in [1.82, 2.24) is 9.97 Å². The fourth-order valence-corrected chi connectivity index (χ4v) is 4.66. The van der Waals surface area contributed by atoms with Crippen molar-refractivity contribution in [3.63, 3.8) is 0 Å². The summed E-state index contributed by atoms with van der Waals surface area (Å²) in [7, 11) is 1.61. The second-order valence-electron chi connectivity index (χ2n) is 8.92. The van der Waals surface area contributed by atoms with Crippen molar-refractivity contribution in [2.75, 3.05) is 30.0 Å². The number of halogens is 1. The van der Waals surface area contributed by atoms with Crippen LogP contribution in [0.3, 0.4) is 0 Å². The third kappa shape index (κ3) is 4.34. The Morgan fingerprint density at radius 2 is 1.85 bits per heavy atom. The number of hydrogen-bond donors (Lipinski definition) is 0. The molecule has 0 N–H and O–H groups in total. The molecule has 1 amide bonds. The molecule has 2 heterocycles. The SMILES string of the molecule is COc1cccc(N(C(=O)c2cnc(N3CCCCC3)nc2-c2ccccc2F)C2CCC2)c1. The summed E-state index contributed by atoms with van der Waals surface area (Å²) in [4.78, 5) is 27.3. The van der Waals surface area contributed by atoms with Gasteiger partial charge in [-0.25, -0.2) is 14.4 Å². The standard InChI is InChI=1S/C27H29FN4O2/c1-34-21-12-8-11-20(17-21)32(19-9-7-10-19)26(33)23-18-29-27(31-15-5-2-6-16-31)30-25(23)22-13-3-4-14-24(22)28/h3-4,8,11-14,17-19H,2,5-7,9-10,15-16H2,1H3. The summed E-state index contributed by atoms with van der Waals surface area (Å²) in [6.45, 7) is 1.73. The van der Waals surface area contributed by atoms with E-state index in [-0.39, 0.29) is 11.9 Å². The van der Waals surface area contributed by atoms with E-state index in [1.54, 1.807) is 36.4 Å². The van der Waals surface area contributed by atoms with Gasteiger partial charge in [0.2, 0.25) is 5.95 Å². The summed E-state index contributed by atoms with van der Waals surface area (Å²) in [6.07, 6.45) is 7.82. The van der Waals surface area contributed by atoms with Gasteiger partial charge in [-0.3, -0.25) is 4.79 Å². The zero-order valence-electron chi connectivity index (χ0n) is 19.4. The Bertz CT molecular complexity index is 1170. The fraction of sp³-hybridized carbons (Fsp3) is 0.370. The number of hydrogen-bond acceptors (Lipinski definition) is 5. The maximum absolute atomic E-state index is 14.9. The number of methoxy groups -OCH3 is 1. The molecule has 2 aromatic carbocycles. The van der Waals surface area contributed by atoms with Gasteiger partial charge in [-0.2, -0.15) is 0 Å². The van der Waals surface area contributed by atoms with Crippen molar-refractivity contribution in [2.24, 2.45) is 0 Å². The predicted molar refractivity (Wildman–Crippen MR) is 131 cm³/mol. The van der Waals surface area contributed by atoms with Crippen molar-refractivity contribution in [3.8, 4) is 17.0 Å². The van der Waals surface area contributed by atoms with Crippen molar-refractivity contribution >= 4 is 17.5 Å². The van der Waals surface area contributed by atoms with Gasteiger partial charge in [-0.1, -0.05) is 18.2 Å². The summed E-state index contributed by atoms with van der Waals surface area (Å²) < 4.78 is 20.3. The van der Waals surface area contributed by atoms with E-state index >= 15 is 0 Å². The van der Waals surface area contributed by atoms with Gasteiger partial charge >= 0.3 is 0 Å². The molecule has 7 heteroatoms. The highest BCUT2D eigenvalue weighted by Crippen LogP contribution is 2.35. The molecule has 0 bridgehead atoms. The number of carbonyl (C=O) groups is 1. The van der Waals surface area contributed by atoms with Gasteiger partial charge in [-0.05, 0) is 62.8 Å². The molecule has 0 radical (unpaired) electrons. The Balaban J connectivity index is 1.60.